The first-order valence-corrected chi connectivity index (χ1v) is 10.8. The van der Waals surface area contributed by atoms with Gasteiger partial charge >= 0.3 is 0 Å². The maximum absolute atomic E-state index is 13.4. The first kappa shape index (κ1) is 23.6. The summed E-state index contributed by atoms with van der Waals surface area (Å²) in [4.78, 5) is 17.0. The van der Waals surface area contributed by atoms with E-state index in [1.54, 1.807) is 19.1 Å². The second-order valence-corrected chi connectivity index (χ2v) is 8.57. The number of carbonyl (C=O) groups is 1. The Balaban J connectivity index is 1.90. The Hall–Kier alpha value is -4.08. The monoisotopic (exact) mass is 461 g/mol. The average molecular weight is 462 g/mol. The number of hydrogen-bond donors (Lipinski definition) is 3. The first-order valence-electron chi connectivity index (χ1n) is 9.90. The van der Waals surface area contributed by atoms with Gasteiger partial charge in [-0.25, -0.2) is 9.37 Å². The average Bonchev–Trinajstić information content (AvgIpc) is 2.79. The molecule has 0 saturated carbocycles. The standard InChI is InChI=1S/C24H20FN5O2S/c1-13(15-5-9-18(31)10-6-15)29-23(32)14(2)33-24-20(12-27)21(19(11-26)22(28)30-24)16-3-7-17(25)8-4-16/h3-10,13-14,31H,1-2H3,(H2,28,30)(H,29,32). The number of pyridine rings is 1. The summed E-state index contributed by atoms with van der Waals surface area (Å²) in [6, 6.07) is 15.6. The largest absolute Gasteiger partial charge is 0.508 e. The fourth-order valence-corrected chi connectivity index (χ4v) is 4.11. The molecule has 0 fully saturated rings. The molecule has 3 rings (SSSR count). The minimum Gasteiger partial charge on any atom is -0.508 e. The highest BCUT2D eigenvalue weighted by Gasteiger charge is 2.24. The smallest absolute Gasteiger partial charge is 0.233 e. The summed E-state index contributed by atoms with van der Waals surface area (Å²) in [5, 5.41) is 31.3. The molecule has 9 heteroatoms. The van der Waals surface area contributed by atoms with Crippen molar-refractivity contribution in [1.29, 1.82) is 10.5 Å². The maximum atomic E-state index is 13.4. The lowest BCUT2D eigenvalue weighted by molar-refractivity contribution is -0.120. The van der Waals surface area contributed by atoms with Gasteiger partial charge in [-0.15, -0.1) is 0 Å². The summed E-state index contributed by atoms with van der Waals surface area (Å²) in [5.74, 6) is -0.701. The minimum atomic E-state index is -0.641. The Morgan fingerprint density at radius 2 is 1.70 bits per heavy atom. The zero-order valence-corrected chi connectivity index (χ0v) is 18.7. The van der Waals surface area contributed by atoms with E-state index in [1.807, 2.05) is 13.0 Å². The molecule has 0 radical (unpaired) electrons. The highest BCUT2D eigenvalue weighted by Crippen LogP contribution is 2.37. The fraction of sp³-hybridized carbons (Fsp3) is 0.167. The summed E-state index contributed by atoms with van der Waals surface area (Å²) in [6.45, 7) is 3.48. The summed E-state index contributed by atoms with van der Waals surface area (Å²) in [5.41, 5.74) is 7.60. The van der Waals surface area contributed by atoms with Gasteiger partial charge in [0.05, 0.1) is 16.9 Å². The van der Waals surface area contributed by atoms with E-state index in [9.17, 15) is 24.8 Å². The van der Waals surface area contributed by atoms with Crippen molar-refractivity contribution < 1.29 is 14.3 Å². The molecule has 1 aromatic heterocycles. The van der Waals surface area contributed by atoms with Gasteiger partial charge in [-0.05, 0) is 49.2 Å². The molecular weight excluding hydrogens is 441 g/mol. The molecule has 2 aromatic carbocycles. The highest BCUT2D eigenvalue weighted by atomic mass is 32.2. The number of nitrogens with zero attached hydrogens (tertiary/aromatic N) is 3. The lowest BCUT2D eigenvalue weighted by atomic mass is 9.97. The van der Waals surface area contributed by atoms with Crippen molar-refractivity contribution in [2.45, 2.75) is 30.2 Å². The topological polar surface area (TPSA) is 136 Å². The van der Waals surface area contributed by atoms with Crippen LogP contribution < -0.4 is 11.1 Å². The molecule has 0 aliphatic heterocycles. The Labute approximate surface area is 194 Å². The summed E-state index contributed by atoms with van der Waals surface area (Å²) in [7, 11) is 0. The van der Waals surface area contributed by atoms with Crippen LogP contribution in [-0.2, 0) is 4.79 Å². The van der Waals surface area contributed by atoms with Crippen LogP contribution in [0.15, 0.2) is 53.6 Å². The normalized spacial score (nSPS) is 12.3. The highest BCUT2D eigenvalue weighted by molar-refractivity contribution is 8.00. The van der Waals surface area contributed by atoms with Crippen LogP contribution in [0.1, 0.15) is 36.6 Å². The second-order valence-electron chi connectivity index (χ2n) is 7.24. The summed E-state index contributed by atoms with van der Waals surface area (Å²) >= 11 is 1.04. The fourth-order valence-electron chi connectivity index (χ4n) is 3.19. The van der Waals surface area contributed by atoms with Crippen molar-refractivity contribution in [3.8, 4) is 29.0 Å². The molecule has 33 heavy (non-hydrogen) atoms. The number of phenols is 1. The zero-order chi connectivity index (χ0) is 24.1. The van der Waals surface area contributed by atoms with Gasteiger partial charge < -0.3 is 16.2 Å². The van der Waals surface area contributed by atoms with Gasteiger partial charge in [-0.2, -0.15) is 10.5 Å². The van der Waals surface area contributed by atoms with Crippen molar-refractivity contribution >= 4 is 23.5 Å². The molecule has 0 aliphatic carbocycles. The van der Waals surface area contributed by atoms with Crippen molar-refractivity contribution in [2.75, 3.05) is 5.73 Å². The molecule has 2 atom stereocenters. The van der Waals surface area contributed by atoms with Gasteiger partial charge in [0, 0.05) is 5.56 Å². The van der Waals surface area contributed by atoms with Crippen molar-refractivity contribution in [1.82, 2.24) is 10.3 Å². The van der Waals surface area contributed by atoms with Crippen molar-refractivity contribution in [2.24, 2.45) is 0 Å². The number of carbonyl (C=O) groups excluding carboxylic acids is 1. The van der Waals surface area contributed by atoms with Crippen molar-refractivity contribution in [3.05, 3.63) is 71.0 Å². The van der Waals surface area contributed by atoms with Crippen LogP contribution in [0.2, 0.25) is 0 Å². The van der Waals surface area contributed by atoms with Crippen LogP contribution in [0.25, 0.3) is 11.1 Å². The van der Waals surface area contributed by atoms with Gasteiger partial charge in [0.15, 0.2) is 0 Å². The number of benzene rings is 2. The number of aromatic hydroxyl groups is 1. The van der Waals surface area contributed by atoms with E-state index in [1.165, 1.54) is 36.4 Å². The summed E-state index contributed by atoms with van der Waals surface area (Å²) in [6.07, 6.45) is 0. The lowest BCUT2D eigenvalue weighted by Gasteiger charge is -2.19. The molecule has 1 amide bonds. The number of rotatable bonds is 6. The molecule has 0 aliphatic rings. The van der Waals surface area contributed by atoms with E-state index < -0.39 is 11.1 Å². The van der Waals surface area contributed by atoms with E-state index in [-0.39, 0.29) is 45.2 Å². The number of hydrogen-bond acceptors (Lipinski definition) is 7. The molecule has 1 heterocycles. The molecular formula is C24H20FN5O2S. The molecule has 0 saturated heterocycles. The van der Waals surface area contributed by atoms with Crippen molar-refractivity contribution in [3.63, 3.8) is 0 Å². The van der Waals surface area contributed by atoms with Gasteiger partial charge in [0.25, 0.3) is 0 Å². The number of nitriles is 2. The van der Waals surface area contributed by atoms with Crippen LogP contribution in [0.3, 0.4) is 0 Å². The van der Waals surface area contributed by atoms with E-state index >= 15 is 0 Å². The Kier molecular flexibility index (Phi) is 7.17. The van der Waals surface area contributed by atoms with Crippen LogP contribution in [0.4, 0.5) is 10.2 Å². The third-order valence-corrected chi connectivity index (χ3v) is 6.04. The number of nitrogen functional groups attached to an aromatic ring is 1. The quantitative estimate of drug-likeness (QED) is 0.466. The zero-order valence-electron chi connectivity index (χ0n) is 17.8. The Morgan fingerprint density at radius 1 is 1.09 bits per heavy atom. The predicted molar refractivity (Wildman–Crippen MR) is 123 cm³/mol. The predicted octanol–water partition coefficient (Wildman–Crippen LogP) is 4.28. The van der Waals surface area contributed by atoms with Crippen LogP contribution >= 0.6 is 11.8 Å². The molecule has 0 spiro atoms. The molecule has 166 valence electrons. The third-order valence-electron chi connectivity index (χ3n) is 4.96. The van der Waals surface area contributed by atoms with Crippen LogP contribution in [0.5, 0.6) is 5.75 Å². The van der Waals surface area contributed by atoms with E-state index in [4.69, 9.17) is 5.73 Å². The number of thioether (sulfide) groups is 1. The molecule has 0 bridgehead atoms. The lowest BCUT2D eigenvalue weighted by Crippen LogP contribution is -2.33. The SMILES string of the molecule is CC(Sc1nc(N)c(C#N)c(-c2ccc(F)cc2)c1C#N)C(=O)NC(C)c1ccc(O)cc1. The first-order chi connectivity index (χ1) is 15.7. The maximum Gasteiger partial charge on any atom is 0.233 e. The number of aromatic nitrogens is 1. The van der Waals surface area contributed by atoms with Crippen LogP contribution in [0, 0.1) is 28.5 Å². The number of anilines is 1. The molecule has 7 nitrogen and oxygen atoms in total. The Morgan fingerprint density at radius 3 is 2.27 bits per heavy atom. The number of nitrogens with two attached hydrogens (primary N) is 1. The Bertz CT molecular complexity index is 1260. The third kappa shape index (κ3) is 5.22. The second kappa shape index (κ2) is 10.0. The van der Waals surface area contributed by atoms with E-state index in [0.717, 1.165) is 17.3 Å². The van der Waals surface area contributed by atoms with Gasteiger partial charge in [0.2, 0.25) is 5.91 Å². The summed E-state index contributed by atoms with van der Waals surface area (Å²) < 4.78 is 13.4. The van der Waals surface area contributed by atoms with Gasteiger partial charge in [0.1, 0.15) is 40.1 Å². The van der Waals surface area contributed by atoms with E-state index in [2.05, 4.69) is 16.4 Å². The van der Waals surface area contributed by atoms with E-state index in [0.29, 0.717) is 5.56 Å². The van der Waals surface area contributed by atoms with Gasteiger partial charge in [-0.1, -0.05) is 36.0 Å². The minimum absolute atomic E-state index is 0.0144. The van der Waals surface area contributed by atoms with Crippen LogP contribution in [-0.4, -0.2) is 21.2 Å². The number of halogens is 1. The number of amides is 1. The molecule has 3 aromatic rings. The molecule has 4 N–H and O–H groups in total. The number of phenolic OH excluding ortho intramolecular Hbond substituents is 1. The number of nitrogens with one attached hydrogen (secondary N) is 1. The molecule has 2 unspecified atom stereocenters. The van der Waals surface area contributed by atoms with Gasteiger partial charge in [-0.3, -0.25) is 4.79 Å².